The number of nitrogen functional groups attached to an aromatic ring is 1. The fourth-order valence-electron chi connectivity index (χ4n) is 2.17. The van der Waals surface area contributed by atoms with Crippen molar-refractivity contribution in [2.24, 2.45) is 5.10 Å². The van der Waals surface area contributed by atoms with Crippen LogP contribution in [0.4, 0.5) is 11.1 Å². The normalized spacial score (nSPS) is 14.0. The summed E-state index contributed by atoms with van der Waals surface area (Å²) in [5.41, 5.74) is 4.83. The number of nitrogens with zero attached hydrogens (tertiary/aromatic N) is 5. The van der Waals surface area contributed by atoms with Crippen LogP contribution in [-0.4, -0.2) is 37.2 Å². The Labute approximate surface area is 147 Å². The molecule has 128 valence electrons. The SMILES string of the molecule is Cc1csc(NC(=O)CSc2nnc(NN=C3CCCC3)n2N)n1. The molecule has 3 rings (SSSR count). The van der Waals surface area contributed by atoms with Gasteiger partial charge in [0.2, 0.25) is 11.1 Å². The lowest BCUT2D eigenvalue weighted by atomic mass is 10.3. The highest BCUT2D eigenvalue weighted by Gasteiger charge is 2.14. The van der Waals surface area contributed by atoms with Crippen molar-refractivity contribution in [1.82, 2.24) is 19.9 Å². The Morgan fingerprint density at radius 2 is 2.25 bits per heavy atom. The molecule has 1 amide bonds. The zero-order valence-corrected chi connectivity index (χ0v) is 14.8. The summed E-state index contributed by atoms with van der Waals surface area (Å²) in [4.78, 5) is 16.1. The fraction of sp³-hybridized carbons (Fsp3) is 0.462. The topological polar surface area (TPSA) is 123 Å². The number of nitrogens with one attached hydrogen (secondary N) is 2. The quantitative estimate of drug-likeness (QED) is 0.405. The molecule has 1 aliphatic rings. The average Bonchev–Trinajstić information content (AvgIpc) is 3.27. The average molecular weight is 366 g/mol. The van der Waals surface area contributed by atoms with Gasteiger partial charge in [-0.05, 0) is 32.6 Å². The van der Waals surface area contributed by atoms with Crippen molar-refractivity contribution in [2.45, 2.75) is 37.8 Å². The number of aryl methyl sites for hydroxylation is 1. The van der Waals surface area contributed by atoms with Gasteiger partial charge in [0, 0.05) is 11.1 Å². The van der Waals surface area contributed by atoms with Gasteiger partial charge in [0.25, 0.3) is 5.95 Å². The minimum Gasteiger partial charge on any atom is -0.334 e. The van der Waals surface area contributed by atoms with Crippen molar-refractivity contribution in [3.8, 4) is 0 Å². The number of hydrogen-bond donors (Lipinski definition) is 3. The number of aromatic nitrogens is 4. The Bertz CT molecular complexity index is 745. The highest BCUT2D eigenvalue weighted by Crippen LogP contribution is 2.19. The van der Waals surface area contributed by atoms with Gasteiger partial charge in [-0.3, -0.25) is 4.79 Å². The summed E-state index contributed by atoms with van der Waals surface area (Å²) in [5, 5.41) is 17.8. The van der Waals surface area contributed by atoms with Crippen molar-refractivity contribution in [3.63, 3.8) is 0 Å². The zero-order chi connectivity index (χ0) is 16.9. The summed E-state index contributed by atoms with van der Waals surface area (Å²) in [6.45, 7) is 1.88. The molecule has 11 heteroatoms. The molecule has 0 radical (unpaired) electrons. The standard InChI is InChI=1S/C13H18N8OS2/c1-8-6-23-12(15-8)16-10(22)7-24-13-20-19-11(21(13)14)18-17-9-4-2-3-5-9/h6H,2-5,7,14H2,1H3,(H,18,19)(H,15,16,22). The molecule has 1 saturated carbocycles. The number of rotatable bonds is 6. The Balaban J connectivity index is 1.52. The molecule has 0 spiro atoms. The maximum absolute atomic E-state index is 11.9. The molecule has 1 fully saturated rings. The number of anilines is 2. The van der Waals surface area contributed by atoms with Crippen LogP contribution in [0.5, 0.6) is 0 Å². The van der Waals surface area contributed by atoms with E-state index in [0.29, 0.717) is 16.2 Å². The lowest BCUT2D eigenvalue weighted by molar-refractivity contribution is -0.113. The van der Waals surface area contributed by atoms with Crippen molar-refractivity contribution in [3.05, 3.63) is 11.1 Å². The van der Waals surface area contributed by atoms with Gasteiger partial charge in [-0.25, -0.2) is 15.1 Å². The highest BCUT2D eigenvalue weighted by molar-refractivity contribution is 7.99. The van der Waals surface area contributed by atoms with E-state index in [-0.39, 0.29) is 11.7 Å². The van der Waals surface area contributed by atoms with E-state index in [1.54, 1.807) is 0 Å². The van der Waals surface area contributed by atoms with E-state index in [9.17, 15) is 4.79 Å². The summed E-state index contributed by atoms with van der Waals surface area (Å²) in [6.07, 6.45) is 4.35. The second-order valence-corrected chi connectivity index (χ2v) is 7.10. The predicted molar refractivity (Wildman–Crippen MR) is 95.9 cm³/mol. The number of nitrogens with two attached hydrogens (primary N) is 1. The Hall–Kier alpha value is -2.14. The van der Waals surface area contributed by atoms with Crippen molar-refractivity contribution < 1.29 is 4.79 Å². The molecule has 1 aliphatic carbocycles. The number of carbonyl (C=O) groups is 1. The van der Waals surface area contributed by atoms with E-state index in [4.69, 9.17) is 5.84 Å². The van der Waals surface area contributed by atoms with Crippen LogP contribution in [0.1, 0.15) is 31.4 Å². The predicted octanol–water partition coefficient (Wildman–Crippen LogP) is 1.83. The summed E-state index contributed by atoms with van der Waals surface area (Å²) >= 11 is 2.59. The molecule has 0 saturated heterocycles. The largest absolute Gasteiger partial charge is 0.334 e. The van der Waals surface area contributed by atoms with Gasteiger partial charge in [0.1, 0.15) is 0 Å². The second kappa shape index (κ2) is 7.62. The van der Waals surface area contributed by atoms with E-state index in [0.717, 1.165) is 24.2 Å². The van der Waals surface area contributed by atoms with Crippen LogP contribution >= 0.6 is 23.1 Å². The van der Waals surface area contributed by atoms with E-state index in [2.05, 4.69) is 31.0 Å². The van der Waals surface area contributed by atoms with Gasteiger partial charge in [-0.2, -0.15) is 5.10 Å². The third-order valence-electron chi connectivity index (χ3n) is 3.36. The van der Waals surface area contributed by atoms with Crippen LogP contribution in [0.15, 0.2) is 15.6 Å². The number of thioether (sulfide) groups is 1. The number of thiazole rings is 1. The molecule has 0 atom stereocenters. The molecule has 24 heavy (non-hydrogen) atoms. The summed E-state index contributed by atoms with van der Waals surface area (Å²) in [7, 11) is 0. The van der Waals surface area contributed by atoms with Gasteiger partial charge in [0.05, 0.1) is 11.4 Å². The molecule has 2 aromatic heterocycles. The van der Waals surface area contributed by atoms with E-state index >= 15 is 0 Å². The van der Waals surface area contributed by atoms with Gasteiger partial charge in [-0.15, -0.1) is 21.5 Å². The minimum absolute atomic E-state index is 0.168. The monoisotopic (exact) mass is 366 g/mol. The Morgan fingerprint density at radius 1 is 1.46 bits per heavy atom. The molecule has 0 unspecified atom stereocenters. The minimum atomic E-state index is -0.168. The van der Waals surface area contributed by atoms with Crippen molar-refractivity contribution in [2.75, 3.05) is 22.3 Å². The van der Waals surface area contributed by atoms with Gasteiger partial charge >= 0.3 is 0 Å². The van der Waals surface area contributed by atoms with Crippen LogP contribution in [0.3, 0.4) is 0 Å². The molecular weight excluding hydrogens is 348 g/mol. The van der Waals surface area contributed by atoms with Crippen LogP contribution in [0.25, 0.3) is 0 Å². The van der Waals surface area contributed by atoms with Gasteiger partial charge < -0.3 is 11.2 Å². The summed E-state index contributed by atoms with van der Waals surface area (Å²) in [6, 6.07) is 0. The Morgan fingerprint density at radius 3 is 2.96 bits per heavy atom. The first-order chi connectivity index (χ1) is 11.6. The van der Waals surface area contributed by atoms with E-state index in [1.165, 1.54) is 40.6 Å². The van der Waals surface area contributed by atoms with Gasteiger partial charge in [0.15, 0.2) is 5.13 Å². The molecular formula is C13H18N8OS2. The van der Waals surface area contributed by atoms with E-state index < -0.39 is 0 Å². The molecule has 2 heterocycles. The first-order valence-corrected chi connectivity index (χ1v) is 9.35. The third-order valence-corrected chi connectivity index (χ3v) is 5.18. The van der Waals surface area contributed by atoms with E-state index in [1.807, 2.05) is 12.3 Å². The van der Waals surface area contributed by atoms with Crippen LogP contribution in [0.2, 0.25) is 0 Å². The fourth-order valence-corrected chi connectivity index (χ4v) is 3.53. The van der Waals surface area contributed by atoms with Crippen LogP contribution in [-0.2, 0) is 4.79 Å². The second-order valence-electron chi connectivity index (χ2n) is 5.30. The third kappa shape index (κ3) is 4.23. The number of hydrazone groups is 1. The number of hydrogen-bond acceptors (Lipinski definition) is 9. The van der Waals surface area contributed by atoms with Gasteiger partial charge in [-0.1, -0.05) is 11.8 Å². The maximum Gasteiger partial charge on any atom is 0.264 e. The summed E-state index contributed by atoms with van der Waals surface area (Å²) < 4.78 is 1.30. The molecule has 2 aromatic rings. The molecule has 0 aliphatic heterocycles. The molecule has 9 nitrogen and oxygen atoms in total. The highest BCUT2D eigenvalue weighted by atomic mass is 32.2. The first kappa shape index (κ1) is 16.7. The summed E-state index contributed by atoms with van der Waals surface area (Å²) in [5.74, 6) is 6.28. The number of carbonyl (C=O) groups excluding carboxylic acids is 1. The molecule has 0 aromatic carbocycles. The lowest BCUT2D eigenvalue weighted by Crippen LogP contribution is -2.17. The van der Waals surface area contributed by atoms with Crippen LogP contribution < -0.4 is 16.6 Å². The lowest BCUT2D eigenvalue weighted by Gasteiger charge is -2.03. The first-order valence-electron chi connectivity index (χ1n) is 7.48. The van der Waals surface area contributed by atoms with Crippen LogP contribution in [0, 0.1) is 6.92 Å². The maximum atomic E-state index is 11.9. The Kier molecular flexibility index (Phi) is 5.30. The molecule has 4 N–H and O–H groups in total. The van der Waals surface area contributed by atoms with Crippen molar-refractivity contribution >= 4 is 45.8 Å². The molecule has 0 bridgehead atoms. The zero-order valence-electron chi connectivity index (χ0n) is 13.2. The smallest absolute Gasteiger partial charge is 0.264 e. The number of amides is 1. The van der Waals surface area contributed by atoms with Crippen molar-refractivity contribution in [1.29, 1.82) is 0 Å².